The minimum Gasteiger partial charge on any atom is -0.496 e. The van der Waals surface area contributed by atoms with Crippen molar-refractivity contribution in [1.29, 1.82) is 0 Å². The SMILES string of the molecule is COc1cc2c(c3c1=C1CO[C@H](c4ccc(OCCN5CCCCC5)cc4)CC1=CC(=O)C3)OCCC=2. The third-order valence-corrected chi connectivity index (χ3v) is 7.91. The van der Waals surface area contributed by atoms with Crippen LogP contribution in [0.1, 0.15) is 49.3 Å². The molecule has 1 aliphatic carbocycles. The van der Waals surface area contributed by atoms with Crippen molar-refractivity contribution in [3.63, 3.8) is 0 Å². The number of fused-ring (bicyclic) bond motifs is 4. The molecule has 0 aromatic heterocycles. The highest BCUT2D eigenvalue weighted by molar-refractivity contribution is 5.97. The second-order valence-electron chi connectivity index (χ2n) is 10.3. The highest BCUT2D eigenvalue weighted by Crippen LogP contribution is 2.37. The van der Waals surface area contributed by atoms with Crippen LogP contribution in [0.3, 0.4) is 0 Å². The van der Waals surface area contributed by atoms with Crippen molar-refractivity contribution in [2.45, 2.75) is 44.6 Å². The molecule has 0 saturated carbocycles. The third kappa shape index (κ3) is 5.05. The Morgan fingerprint density at radius 3 is 2.76 bits per heavy atom. The molecule has 2 saturated heterocycles. The van der Waals surface area contributed by atoms with Crippen molar-refractivity contribution < 1.29 is 23.7 Å². The molecule has 4 aliphatic rings. The third-order valence-electron chi connectivity index (χ3n) is 7.91. The van der Waals surface area contributed by atoms with Gasteiger partial charge in [-0.15, -0.1) is 0 Å². The van der Waals surface area contributed by atoms with E-state index < -0.39 is 0 Å². The number of likely N-dealkylation sites (tertiary alicyclic amines) is 1. The maximum Gasteiger partial charge on any atom is 0.160 e. The van der Waals surface area contributed by atoms with Gasteiger partial charge in [0, 0.05) is 41.8 Å². The molecule has 3 aliphatic heterocycles. The van der Waals surface area contributed by atoms with Gasteiger partial charge in [-0.25, -0.2) is 0 Å². The lowest BCUT2D eigenvalue weighted by Crippen LogP contribution is -2.33. The van der Waals surface area contributed by atoms with Gasteiger partial charge in [0.1, 0.15) is 23.9 Å². The number of allylic oxidation sites excluding steroid dienone is 1. The average Bonchev–Trinajstić information content (AvgIpc) is 3.09. The first-order valence-electron chi connectivity index (χ1n) is 13.6. The van der Waals surface area contributed by atoms with Gasteiger partial charge in [0.25, 0.3) is 0 Å². The Balaban J connectivity index is 1.21. The fourth-order valence-electron chi connectivity index (χ4n) is 6.00. The highest BCUT2D eigenvalue weighted by Gasteiger charge is 2.29. The number of nitrogens with zero attached hydrogens (tertiary/aromatic N) is 1. The summed E-state index contributed by atoms with van der Waals surface area (Å²) in [5, 5.41) is 1.97. The van der Waals surface area contributed by atoms with Gasteiger partial charge in [0.15, 0.2) is 5.78 Å². The van der Waals surface area contributed by atoms with E-state index in [9.17, 15) is 4.79 Å². The molecule has 0 bridgehead atoms. The molecule has 2 aromatic rings. The van der Waals surface area contributed by atoms with Crippen LogP contribution in [0.15, 0.2) is 42.0 Å². The largest absolute Gasteiger partial charge is 0.496 e. The number of hydrogen-bond donors (Lipinski definition) is 0. The Labute approximate surface area is 218 Å². The number of carbonyl (C=O) groups is 1. The predicted molar refractivity (Wildman–Crippen MR) is 143 cm³/mol. The standard InChI is InChI=1S/C31H35NO5/c1-34-29-17-22-6-5-14-36-31(22)26-19-24(33)16-23-18-28(37-20-27(23)30(26)29)21-7-9-25(10-8-21)35-15-13-32-11-3-2-4-12-32/h6-10,16-17,28H,2-5,11-15,18-20H2,1H3/t28-/m0/s1. The Hall–Kier alpha value is -3.09. The molecule has 0 spiro atoms. The molecule has 37 heavy (non-hydrogen) atoms. The zero-order valence-electron chi connectivity index (χ0n) is 21.6. The van der Waals surface area contributed by atoms with Gasteiger partial charge in [-0.05, 0) is 66.9 Å². The van der Waals surface area contributed by atoms with Crippen LogP contribution in [0.4, 0.5) is 0 Å². The van der Waals surface area contributed by atoms with Crippen molar-refractivity contribution in [3.8, 4) is 17.2 Å². The maximum atomic E-state index is 13.0. The number of ether oxygens (including phenoxy) is 4. The second-order valence-corrected chi connectivity index (χ2v) is 10.3. The average molecular weight is 502 g/mol. The summed E-state index contributed by atoms with van der Waals surface area (Å²) >= 11 is 0. The van der Waals surface area contributed by atoms with Gasteiger partial charge in [0.05, 0.1) is 26.4 Å². The summed E-state index contributed by atoms with van der Waals surface area (Å²) in [7, 11) is 1.69. The van der Waals surface area contributed by atoms with Crippen molar-refractivity contribution in [2.24, 2.45) is 0 Å². The topological polar surface area (TPSA) is 57.2 Å². The summed E-state index contributed by atoms with van der Waals surface area (Å²) in [5.74, 6) is 2.57. The molecule has 0 N–H and O–H groups in total. The van der Waals surface area contributed by atoms with Crippen LogP contribution in [0.2, 0.25) is 0 Å². The Morgan fingerprint density at radius 1 is 1.11 bits per heavy atom. The predicted octanol–water partition coefficient (Wildman–Crippen LogP) is 3.49. The van der Waals surface area contributed by atoms with Crippen LogP contribution >= 0.6 is 0 Å². The van der Waals surface area contributed by atoms with Gasteiger partial charge in [-0.2, -0.15) is 0 Å². The van der Waals surface area contributed by atoms with Crippen molar-refractivity contribution >= 4 is 17.4 Å². The summed E-state index contributed by atoms with van der Waals surface area (Å²) in [5.41, 5.74) is 4.07. The van der Waals surface area contributed by atoms with E-state index in [0.717, 1.165) is 62.9 Å². The van der Waals surface area contributed by atoms with Gasteiger partial charge in [-0.3, -0.25) is 9.69 Å². The van der Waals surface area contributed by atoms with Crippen LogP contribution in [0, 0.1) is 0 Å². The number of carbonyl (C=O) groups excluding carboxylic acids is 1. The Kier molecular flexibility index (Phi) is 7.03. The van der Waals surface area contributed by atoms with Crippen LogP contribution in [0.25, 0.3) is 11.6 Å². The summed E-state index contributed by atoms with van der Waals surface area (Å²) < 4.78 is 24.2. The first-order valence-corrected chi connectivity index (χ1v) is 13.6. The molecule has 0 radical (unpaired) electrons. The number of ketones is 1. The van der Waals surface area contributed by atoms with Gasteiger partial charge in [0.2, 0.25) is 0 Å². The molecule has 3 heterocycles. The van der Waals surface area contributed by atoms with E-state index in [1.165, 1.54) is 32.4 Å². The lowest BCUT2D eigenvalue weighted by molar-refractivity contribution is -0.114. The molecule has 6 heteroatoms. The van der Waals surface area contributed by atoms with Crippen LogP contribution in [0.5, 0.6) is 17.2 Å². The monoisotopic (exact) mass is 501 g/mol. The lowest BCUT2D eigenvalue weighted by Gasteiger charge is -2.28. The smallest absolute Gasteiger partial charge is 0.160 e. The van der Waals surface area contributed by atoms with Crippen molar-refractivity contribution in [2.75, 3.05) is 46.6 Å². The van der Waals surface area contributed by atoms with Crippen LogP contribution in [-0.2, 0) is 16.0 Å². The van der Waals surface area contributed by atoms with Crippen molar-refractivity contribution in [3.05, 3.63) is 63.5 Å². The number of hydrogen-bond acceptors (Lipinski definition) is 6. The fourth-order valence-corrected chi connectivity index (χ4v) is 6.00. The fraction of sp³-hybridized carbons (Fsp3) is 0.452. The van der Waals surface area contributed by atoms with E-state index in [1.807, 2.05) is 18.2 Å². The Bertz CT molecular complexity index is 1320. The first kappa shape index (κ1) is 24.3. The minimum absolute atomic E-state index is 0.0916. The normalized spacial score (nSPS) is 21.4. The number of benzene rings is 2. The highest BCUT2D eigenvalue weighted by atomic mass is 16.5. The van der Waals surface area contributed by atoms with E-state index in [4.69, 9.17) is 18.9 Å². The number of rotatable bonds is 6. The van der Waals surface area contributed by atoms with E-state index >= 15 is 0 Å². The molecule has 6 nitrogen and oxygen atoms in total. The molecule has 194 valence electrons. The summed E-state index contributed by atoms with van der Waals surface area (Å²) in [6.45, 7) is 5.10. The van der Waals surface area contributed by atoms with E-state index in [1.54, 1.807) is 13.2 Å². The van der Waals surface area contributed by atoms with E-state index in [2.05, 4.69) is 23.1 Å². The zero-order valence-corrected chi connectivity index (χ0v) is 21.6. The minimum atomic E-state index is -0.111. The zero-order chi connectivity index (χ0) is 25.2. The molecular formula is C31H35NO5. The van der Waals surface area contributed by atoms with Crippen LogP contribution < -0.4 is 24.6 Å². The molecule has 2 aromatic carbocycles. The molecule has 0 amide bonds. The van der Waals surface area contributed by atoms with Crippen molar-refractivity contribution in [1.82, 2.24) is 4.90 Å². The summed E-state index contributed by atoms with van der Waals surface area (Å²) in [6.07, 6.45) is 9.60. The summed E-state index contributed by atoms with van der Waals surface area (Å²) in [4.78, 5) is 15.5. The second kappa shape index (κ2) is 10.7. The van der Waals surface area contributed by atoms with Gasteiger partial charge < -0.3 is 18.9 Å². The Morgan fingerprint density at radius 2 is 1.95 bits per heavy atom. The molecule has 0 unspecified atom stereocenters. The van der Waals surface area contributed by atoms with E-state index in [0.29, 0.717) is 32.7 Å². The number of methoxy groups -OCH3 is 1. The van der Waals surface area contributed by atoms with Gasteiger partial charge in [-0.1, -0.05) is 24.6 Å². The maximum absolute atomic E-state index is 13.0. The molecule has 2 fully saturated rings. The number of piperidine rings is 1. The molecule has 6 rings (SSSR count). The first-order chi connectivity index (χ1) is 18.2. The van der Waals surface area contributed by atoms with Gasteiger partial charge >= 0.3 is 0 Å². The summed E-state index contributed by atoms with van der Waals surface area (Å²) in [6, 6.07) is 10.3. The van der Waals surface area contributed by atoms with Crippen LogP contribution in [-0.4, -0.2) is 57.2 Å². The lowest BCUT2D eigenvalue weighted by atomic mass is 9.91. The molecule has 1 atom stereocenters. The molecular weight excluding hydrogens is 466 g/mol. The quantitative estimate of drug-likeness (QED) is 0.604. The van der Waals surface area contributed by atoms with E-state index in [-0.39, 0.29) is 11.9 Å².